The minimum atomic E-state index is -1.05. The van der Waals surface area contributed by atoms with E-state index in [2.05, 4.69) is 29.9 Å². The molecule has 4 rings (SSSR count). The molecule has 0 bridgehead atoms. The molecule has 1 aliphatic carbocycles. The average molecular weight is 386 g/mol. The van der Waals surface area contributed by atoms with Gasteiger partial charge >= 0.3 is 0 Å². The van der Waals surface area contributed by atoms with E-state index in [4.69, 9.17) is 0 Å². The molecule has 30 heavy (non-hydrogen) atoms. The second kappa shape index (κ2) is 6.55. The van der Waals surface area contributed by atoms with E-state index < -0.39 is 12.1 Å². The van der Waals surface area contributed by atoms with Gasteiger partial charge in [0.1, 0.15) is 48.5 Å². The SMILES string of the molecule is N#CC1=NC2=C3N=C(C#N)C(C#N)=NC3c3nc(C#N)c(C#N)nc3C2N=C1C#N. The summed E-state index contributed by atoms with van der Waals surface area (Å²) in [5, 5.41) is 55.8. The van der Waals surface area contributed by atoms with E-state index in [0.717, 1.165) is 0 Å². The summed E-state index contributed by atoms with van der Waals surface area (Å²) in [4.78, 5) is 25.1. The van der Waals surface area contributed by atoms with Crippen molar-refractivity contribution >= 4 is 22.8 Å². The van der Waals surface area contributed by atoms with Gasteiger partial charge in [0.15, 0.2) is 34.2 Å². The van der Waals surface area contributed by atoms with Crippen LogP contribution in [0, 0.1) is 68.0 Å². The monoisotopic (exact) mass is 386 g/mol. The Labute approximate surface area is 167 Å². The molecular formula is C18H2N12. The molecule has 2 atom stereocenters. The summed E-state index contributed by atoms with van der Waals surface area (Å²) in [5.41, 5.74) is -1.15. The van der Waals surface area contributed by atoms with Crippen molar-refractivity contribution in [3.63, 3.8) is 0 Å². The molecule has 2 aliphatic heterocycles. The normalized spacial score (nSPS) is 20.5. The number of nitrogens with zero attached hydrogens (tertiary/aromatic N) is 12. The van der Waals surface area contributed by atoms with Crippen LogP contribution < -0.4 is 0 Å². The van der Waals surface area contributed by atoms with Gasteiger partial charge in [-0.1, -0.05) is 0 Å². The van der Waals surface area contributed by atoms with Gasteiger partial charge in [0.2, 0.25) is 0 Å². The molecule has 3 aliphatic rings. The number of aromatic nitrogens is 2. The van der Waals surface area contributed by atoms with E-state index in [9.17, 15) is 31.6 Å². The number of nitriles is 6. The van der Waals surface area contributed by atoms with Gasteiger partial charge in [0.25, 0.3) is 0 Å². The van der Waals surface area contributed by atoms with Crippen molar-refractivity contribution in [2.24, 2.45) is 20.0 Å². The average Bonchev–Trinajstić information content (AvgIpc) is 2.81. The Balaban J connectivity index is 2.11. The number of fused-ring (bicyclic) bond motifs is 5. The predicted molar refractivity (Wildman–Crippen MR) is 96.2 cm³/mol. The largest absolute Gasteiger partial charge is 0.255 e. The van der Waals surface area contributed by atoms with Crippen LogP contribution in [0.3, 0.4) is 0 Å². The van der Waals surface area contributed by atoms with Gasteiger partial charge in [-0.2, -0.15) is 31.6 Å². The Morgan fingerprint density at radius 3 is 1.17 bits per heavy atom. The standard InChI is InChI=1S/C18H2N12/c19-1-7-8(2-20)26-14-13(25-7)15-17(29-10(4-22)9(3-21)27-15)18-16(14)28-11(5-23)12(6-24)30-18/h13,18H. The highest BCUT2D eigenvalue weighted by Gasteiger charge is 2.42. The summed E-state index contributed by atoms with van der Waals surface area (Å²) in [6.07, 6.45) is 0. The van der Waals surface area contributed by atoms with Crippen LogP contribution in [0.4, 0.5) is 0 Å². The molecule has 0 amide bonds. The van der Waals surface area contributed by atoms with Gasteiger partial charge in [-0.05, 0) is 0 Å². The van der Waals surface area contributed by atoms with Crippen LogP contribution in [-0.4, -0.2) is 32.8 Å². The lowest BCUT2D eigenvalue weighted by atomic mass is 9.90. The minimum Gasteiger partial charge on any atom is -0.255 e. The van der Waals surface area contributed by atoms with Gasteiger partial charge in [0, 0.05) is 0 Å². The summed E-state index contributed by atoms with van der Waals surface area (Å²) < 4.78 is 0. The lowest BCUT2D eigenvalue weighted by Crippen LogP contribution is -2.29. The van der Waals surface area contributed by atoms with E-state index >= 15 is 0 Å². The van der Waals surface area contributed by atoms with Crippen molar-refractivity contribution in [1.29, 1.82) is 31.6 Å². The van der Waals surface area contributed by atoms with Gasteiger partial charge < -0.3 is 0 Å². The molecule has 0 saturated carbocycles. The van der Waals surface area contributed by atoms with E-state index in [1.54, 1.807) is 36.4 Å². The Morgan fingerprint density at radius 1 is 0.500 bits per heavy atom. The second-order valence-corrected chi connectivity index (χ2v) is 5.81. The highest BCUT2D eigenvalue weighted by Crippen LogP contribution is 2.46. The molecule has 0 aromatic carbocycles. The molecule has 2 unspecified atom stereocenters. The van der Waals surface area contributed by atoms with Crippen LogP contribution in [0.5, 0.6) is 0 Å². The van der Waals surface area contributed by atoms with Crippen LogP contribution in [0.2, 0.25) is 0 Å². The Bertz CT molecular complexity index is 1350. The first-order valence-electron chi connectivity index (χ1n) is 8.00. The summed E-state index contributed by atoms with van der Waals surface area (Å²) in [5.74, 6) is 0. The molecule has 3 heterocycles. The minimum absolute atomic E-state index is 0.0967. The van der Waals surface area contributed by atoms with Crippen molar-refractivity contribution in [1.82, 2.24) is 9.97 Å². The van der Waals surface area contributed by atoms with Crippen LogP contribution in [0.25, 0.3) is 0 Å². The summed E-state index contributed by atoms with van der Waals surface area (Å²) in [7, 11) is 0. The van der Waals surface area contributed by atoms with E-state index in [1.807, 2.05) is 0 Å². The highest BCUT2D eigenvalue weighted by molar-refractivity contribution is 6.54. The van der Waals surface area contributed by atoms with Crippen LogP contribution in [0.1, 0.15) is 34.9 Å². The molecule has 12 nitrogen and oxygen atoms in total. The smallest absolute Gasteiger partial charge is 0.177 e. The van der Waals surface area contributed by atoms with E-state index in [-0.39, 0.29) is 57.0 Å². The third-order valence-electron chi connectivity index (χ3n) is 4.31. The number of hydrogen-bond donors (Lipinski definition) is 0. The number of aliphatic imine (C=N–C) groups is 4. The van der Waals surface area contributed by atoms with Gasteiger partial charge in [-0.15, -0.1) is 0 Å². The fraction of sp³-hybridized carbons (Fsp3) is 0.111. The van der Waals surface area contributed by atoms with Crippen LogP contribution in [0.15, 0.2) is 31.4 Å². The maximum absolute atomic E-state index is 9.30. The lowest BCUT2D eigenvalue weighted by molar-refractivity contribution is 0.644. The maximum Gasteiger partial charge on any atom is 0.177 e. The van der Waals surface area contributed by atoms with Crippen LogP contribution in [-0.2, 0) is 0 Å². The molecule has 134 valence electrons. The maximum atomic E-state index is 9.30. The third kappa shape index (κ3) is 2.34. The molecule has 0 spiro atoms. The predicted octanol–water partition coefficient (Wildman–Crippen LogP) is 0.413. The first kappa shape index (κ1) is 17.8. The van der Waals surface area contributed by atoms with Crippen molar-refractivity contribution in [3.05, 3.63) is 34.2 Å². The summed E-state index contributed by atoms with van der Waals surface area (Å²) in [6.45, 7) is 0. The summed E-state index contributed by atoms with van der Waals surface area (Å²) >= 11 is 0. The van der Waals surface area contributed by atoms with Gasteiger partial charge in [0.05, 0.1) is 22.8 Å². The topological polar surface area (TPSA) is 218 Å². The highest BCUT2D eigenvalue weighted by atomic mass is 15.1. The molecule has 1 aromatic rings. The lowest BCUT2D eigenvalue weighted by Gasteiger charge is -2.30. The molecular weight excluding hydrogens is 384 g/mol. The second-order valence-electron chi connectivity index (χ2n) is 5.81. The van der Waals surface area contributed by atoms with E-state index in [1.165, 1.54) is 0 Å². The Kier molecular flexibility index (Phi) is 3.90. The van der Waals surface area contributed by atoms with Gasteiger partial charge in [-0.25, -0.2) is 20.0 Å². The summed E-state index contributed by atoms with van der Waals surface area (Å²) in [6, 6.07) is 8.55. The third-order valence-corrected chi connectivity index (χ3v) is 4.31. The fourth-order valence-corrected chi connectivity index (χ4v) is 3.09. The van der Waals surface area contributed by atoms with E-state index in [0.29, 0.717) is 0 Å². The van der Waals surface area contributed by atoms with Crippen molar-refractivity contribution in [2.75, 3.05) is 0 Å². The molecule has 0 saturated heterocycles. The first-order valence-corrected chi connectivity index (χ1v) is 8.00. The van der Waals surface area contributed by atoms with Crippen molar-refractivity contribution in [2.45, 2.75) is 12.1 Å². The van der Waals surface area contributed by atoms with Crippen molar-refractivity contribution in [3.8, 4) is 36.4 Å². The van der Waals surface area contributed by atoms with Gasteiger partial charge in [-0.3, -0.25) is 9.98 Å². The van der Waals surface area contributed by atoms with Crippen LogP contribution >= 0.6 is 0 Å². The first-order chi connectivity index (χ1) is 14.6. The zero-order valence-corrected chi connectivity index (χ0v) is 14.5. The Hall–Kier alpha value is -5.56. The van der Waals surface area contributed by atoms with Crippen molar-refractivity contribution < 1.29 is 0 Å². The molecule has 0 fully saturated rings. The quantitative estimate of drug-likeness (QED) is 0.606. The zero-order chi connectivity index (χ0) is 21.4. The number of rotatable bonds is 0. The molecule has 1 aromatic heterocycles. The fourth-order valence-electron chi connectivity index (χ4n) is 3.09. The molecule has 0 N–H and O–H groups in total. The zero-order valence-electron chi connectivity index (χ0n) is 14.5. The molecule has 12 heteroatoms. The Morgan fingerprint density at radius 2 is 0.867 bits per heavy atom. The number of hydrogen-bond acceptors (Lipinski definition) is 12. The molecule has 0 radical (unpaired) electrons.